The van der Waals surface area contributed by atoms with Gasteiger partial charge in [0.25, 0.3) is 0 Å². The summed E-state index contributed by atoms with van der Waals surface area (Å²) in [6.45, 7) is 10.1. The number of ether oxygens (including phenoxy) is 4. The average Bonchev–Trinajstić information content (AvgIpc) is 2.94. The highest BCUT2D eigenvalue weighted by atomic mass is 16.5. The van der Waals surface area contributed by atoms with E-state index in [0.717, 1.165) is 62.3 Å². The summed E-state index contributed by atoms with van der Waals surface area (Å²) in [5.41, 5.74) is 6.70. The molecule has 6 heteroatoms. The molecule has 0 amide bonds. The van der Waals surface area contributed by atoms with E-state index in [1.54, 1.807) is 0 Å². The lowest BCUT2D eigenvalue weighted by Crippen LogP contribution is -2.07. The van der Waals surface area contributed by atoms with Gasteiger partial charge in [-0.25, -0.2) is 4.98 Å². The number of pyridine rings is 1. The molecule has 0 spiro atoms. The van der Waals surface area contributed by atoms with Gasteiger partial charge >= 0.3 is 0 Å². The van der Waals surface area contributed by atoms with Crippen LogP contribution < -0.4 is 23.8 Å². The van der Waals surface area contributed by atoms with Gasteiger partial charge < -0.3 is 23.8 Å². The molecule has 0 radical (unpaired) electrons. The van der Waals surface area contributed by atoms with E-state index in [4.69, 9.17) is 23.9 Å². The first kappa shape index (κ1) is 27.8. The van der Waals surface area contributed by atoms with Crippen LogP contribution in [-0.4, -0.2) is 45.5 Å². The van der Waals surface area contributed by atoms with Crippen LogP contribution in [0.1, 0.15) is 27.7 Å². The molecule has 0 unspecified atom stereocenters. The number of rotatable bonds is 12. The third-order valence-electron chi connectivity index (χ3n) is 6.22. The smallest absolute Gasteiger partial charge is 0.132 e. The van der Waals surface area contributed by atoms with Crippen molar-refractivity contribution in [1.82, 2.24) is 4.98 Å². The molecule has 0 saturated heterocycles. The molecular formula is C33H38N2O4. The molecule has 0 saturated carbocycles. The van der Waals surface area contributed by atoms with Crippen LogP contribution in [0.3, 0.4) is 0 Å². The van der Waals surface area contributed by atoms with Crippen molar-refractivity contribution < 1.29 is 18.9 Å². The van der Waals surface area contributed by atoms with E-state index >= 15 is 0 Å². The quantitative estimate of drug-likeness (QED) is 0.188. The van der Waals surface area contributed by atoms with E-state index in [1.807, 2.05) is 78.2 Å². The molecule has 6 nitrogen and oxygen atoms in total. The first-order valence-corrected chi connectivity index (χ1v) is 13.6. The number of anilines is 1. The molecule has 204 valence electrons. The predicted molar refractivity (Wildman–Crippen MR) is 160 cm³/mol. The van der Waals surface area contributed by atoms with E-state index in [0.29, 0.717) is 26.4 Å². The van der Waals surface area contributed by atoms with Crippen LogP contribution >= 0.6 is 0 Å². The summed E-state index contributed by atoms with van der Waals surface area (Å²) in [4.78, 5) is 7.23. The molecule has 4 rings (SSSR count). The maximum Gasteiger partial charge on any atom is 0.132 e. The van der Waals surface area contributed by atoms with E-state index in [-0.39, 0.29) is 0 Å². The minimum atomic E-state index is 0.536. The third-order valence-corrected chi connectivity index (χ3v) is 6.22. The topological polar surface area (TPSA) is 53.1 Å². The Morgan fingerprint density at radius 1 is 0.538 bits per heavy atom. The van der Waals surface area contributed by atoms with Crippen molar-refractivity contribution in [2.24, 2.45) is 0 Å². The molecule has 0 N–H and O–H groups in total. The number of hydrogen-bond acceptors (Lipinski definition) is 6. The van der Waals surface area contributed by atoms with E-state index in [9.17, 15) is 0 Å². The normalized spacial score (nSPS) is 10.7. The van der Waals surface area contributed by atoms with Crippen LogP contribution in [0.5, 0.6) is 23.0 Å². The zero-order valence-electron chi connectivity index (χ0n) is 23.8. The van der Waals surface area contributed by atoms with Gasteiger partial charge in [0.15, 0.2) is 0 Å². The molecule has 0 aliphatic heterocycles. The third kappa shape index (κ3) is 6.63. The van der Waals surface area contributed by atoms with Gasteiger partial charge in [-0.15, -0.1) is 0 Å². The van der Waals surface area contributed by atoms with E-state index in [1.165, 1.54) is 0 Å². The zero-order valence-corrected chi connectivity index (χ0v) is 23.8. The van der Waals surface area contributed by atoms with Gasteiger partial charge in [-0.1, -0.05) is 12.1 Å². The van der Waals surface area contributed by atoms with Gasteiger partial charge in [-0.3, -0.25) is 0 Å². The summed E-state index contributed by atoms with van der Waals surface area (Å²) in [6.07, 6.45) is 0. The predicted octanol–water partition coefficient (Wildman–Crippen LogP) is 7.74. The van der Waals surface area contributed by atoms with E-state index < -0.39 is 0 Å². The van der Waals surface area contributed by atoms with Crippen molar-refractivity contribution in [3.8, 4) is 56.6 Å². The second-order valence-corrected chi connectivity index (χ2v) is 9.12. The highest BCUT2D eigenvalue weighted by Crippen LogP contribution is 2.39. The lowest BCUT2D eigenvalue weighted by Gasteiger charge is -2.17. The fourth-order valence-electron chi connectivity index (χ4n) is 4.42. The lowest BCUT2D eigenvalue weighted by molar-refractivity contribution is 0.323. The fraction of sp³-hybridized carbons (Fsp3) is 0.303. The highest BCUT2D eigenvalue weighted by Gasteiger charge is 2.17. The molecule has 1 heterocycles. The van der Waals surface area contributed by atoms with Gasteiger partial charge in [0, 0.05) is 43.0 Å². The summed E-state index contributed by atoms with van der Waals surface area (Å²) in [6, 6.07) is 24.6. The monoisotopic (exact) mass is 526 g/mol. The molecule has 3 aromatic carbocycles. The van der Waals surface area contributed by atoms with Crippen molar-refractivity contribution in [2.45, 2.75) is 27.7 Å². The van der Waals surface area contributed by atoms with Crippen LogP contribution in [0.4, 0.5) is 5.69 Å². The van der Waals surface area contributed by atoms with Gasteiger partial charge in [0.2, 0.25) is 0 Å². The van der Waals surface area contributed by atoms with E-state index in [2.05, 4.69) is 41.3 Å². The Hall–Kier alpha value is -4.19. The Balaban J connectivity index is 1.92. The van der Waals surface area contributed by atoms with Gasteiger partial charge in [-0.2, -0.15) is 0 Å². The molecule has 39 heavy (non-hydrogen) atoms. The number of nitrogens with zero attached hydrogens (tertiary/aromatic N) is 2. The van der Waals surface area contributed by atoms with Crippen molar-refractivity contribution in [3.63, 3.8) is 0 Å². The van der Waals surface area contributed by atoms with Crippen LogP contribution in [0, 0.1) is 0 Å². The molecular weight excluding hydrogens is 488 g/mol. The maximum absolute atomic E-state index is 6.05. The Bertz CT molecular complexity index is 1310. The minimum absolute atomic E-state index is 0.536. The average molecular weight is 527 g/mol. The van der Waals surface area contributed by atoms with Gasteiger partial charge in [0.05, 0.1) is 37.8 Å². The summed E-state index contributed by atoms with van der Waals surface area (Å²) in [5.74, 6) is 3.01. The Labute approximate surface area is 232 Å². The van der Waals surface area contributed by atoms with Crippen LogP contribution in [-0.2, 0) is 0 Å². The molecule has 4 aromatic rings. The molecule has 1 aromatic heterocycles. The first-order valence-electron chi connectivity index (χ1n) is 13.6. The fourth-order valence-corrected chi connectivity index (χ4v) is 4.42. The minimum Gasteiger partial charge on any atom is -0.494 e. The van der Waals surface area contributed by atoms with Crippen molar-refractivity contribution in [3.05, 3.63) is 72.8 Å². The molecule has 0 atom stereocenters. The lowest BCUT2D eigenvalue weighted by atomic mass is 9.99. The van der Waals surface area contributed by atoms with Crippen molar-refractivity contribution in [1.29, 1.82) is 0 Å². The first-order chi connectivity index (χ1) is 19.0. The van der Waals surface area contributed by atoms with Gasteiger partial charge in [-0.05, 0) is 87.4 Å². The summed E-state index contributed by atoms with van der Waals surface area (Å²) in [7, 11) is 4.08. The number of aromatic nitrogens is 1. The standard InChI is InChI=1S/C33H38N2O4/c1-7-36-26-15-17-28(32(21-26)38-9-3)30-19-24(23-11-13-25(14-12-23)35(5)6)20-31(34-30)29-18-16-27(37-8-2)22-33(29)39-10-4/h11-22H,7-10H2,1-6H3. The maximum atomic E-state index is 6.05. The Morgan fingerprint density at radius 2 is 1.00 bits per heavy atom. The second kappa shape index (κ2) is 13.1. The van der Waals surface area contributed by atoms with Crippen molar-refractivity contribution >= 4 is 5.69 Å². The summed E-state index contributed by atoms with van der Waals surface area (Å²) < 4.78 is 23.6. The van der Waals surface area contributed by atoms with Crippen LogP contribution in [0.25, 0.3) is 33.6 Å². The SMILES string of the molecule is CCOc1ccc(-c2cc(-c3ccc(N(C)C)cc3)cc(-c3ccc(OCC)cc3OCC)n2)c(OCC)c1. The second-order valence-electron chi connectivity index (χ2n) is 9.12. The molecule has 0 aliphatic rings. The van der Waals surface area contributed by atoms with Crippen molar-refractivity contribution in [2.75, 3.05) is 45.4 Å². The molecule has 0 bridgehead atoms. The number of benzene rings is 3. The van der Waals surface area contributed by atoms with Crippen LogP contribution in [0.15, 0.2) is 72.8 Å². The van der Waals surface area contributed by atoms with Gasteiger partial charge in [0.1, 0.15) is 23.0 Å². The summed E-state index contributed by atoms with van der Waals surface area (Å²) >= 11 is 0. The molecule has 0 fully saturated rings. The molecule has 0 aliphatic carbocycles. The summed E-state index contributed by atoms with van der Waals surface area (Å²) in [5, 5.41) is 0. The van der Waals surface area contributed by atoms with Crippen LogP contribution in [0.2, 0.25) is 0 Å². The highest BCUT2D eigenvalue weighted by molar-refractivity contribution is 5.81. The number of hydrogen-bond donors (Lipinski definition) is 0. The Kier molecular flexibility index (Phi) is 9.31. The largest absolute Gasteiger partial charge is 0.494 e. The Morgan fingerprint density at radius 3 is 1.41 bits per heavy atom. The zero-order chi connectivity index (χ0) is 27.8.